The molecule has 0 aromatic rings. The highest BCUT2D eigenvalue weighted by Crippen LogP contribution is 2.21. The van der Waals surface area contributed by atoms with Gasteiger partial charge in [-0.1, -0.05) is 13.8 Å². The molecule has 0 spiro atoms. The number of hydrogen-bond acceptors (Lipinski definition) is 3. The van der Waals surface area contributed by atoms with E-state index in [4.69, 9.17) is 4.74 Å². The van der Waals surface area contributed by atoms with E-state index in [1.807, 2.05) is 13.8 Å². The lowest BCUT2D eigenvalue weighted by Gasteiger charge is -2.22. The standard InChI is InChI=1S/C11H18N2O3/c1-7(2)5-13-9(6-16-11(13)15)10(14)12-8-3-4-8/h7-9H,3-6H2,1-2H3,(H,12,14)/t9-/m0/s1. The number of hydrogen-bond donors (Lipinski definition) is 1. The van der Waals surface area contributed by atoms with E-state index in [9.17, 15) is 9.59 Å². The highest BCUT2D eigenvalue weighted by atomic mass is 16.6. The lowest BCUT2D eigenvalue weighted by molar-refractivity contribution is -0.125. The van der Waals surface area contributed by atoms with Crippen molar-refractivity contribution in [3.63, 3.8) is 0 Å². The minimum atomic E-state index is -0.435. The molecule has 1 saturated carbocycles. The van der Waals surface area contributed by atoms with E-state index in [1.165, 1.54) is 4.90 Å². The first-order chi connectivity index (χ1) is 7.58. The predicted molar refractivity (Wildman–Crippen MR) is 57.8 cm³/mol. The van der Waals surface area contributed by atoms with Crippen molar-refractivity contribution in [2.24, 2.45) is 5.92 Å². The SMILES string of the molecule is CC(C)CN1C(=O)OC[C@H]1C(=O)NC1CC1. The summed E-state index contributed by atoms with van der Waals surface area (Å²) in [5, 5.41) is 2.91. The van der Waals surface area contributed by atoms with Crippen molar-refractivity contribution < 1.29 is 14.3 Å². The zero-order chi connectivity index (χ0) is 11.7. The fourth-order valence-corrected chi connectivity index (χ4v) is 1.79. The van der Waals surface area contributed by atoms with E-state index in [1.54, 1.807) is 0 Å². The Morgan fingerprint density at radius 2 is 2.25 bits per heavy atom. The molecule has 0 aromatic carbocycles. The van der Waals surface area contributed by atoms with Crippen LogP contribution in [-0.2, 0) is 9.53 Å². The van der Waals surface area contributed by atoms with Crippen molar-refractivity contribution in [2.75, 3.05) is 13.2 Å². The summed E-state index contributed by atoms with van der Waals surface area (Å²) >= 11 is 0. The van der Waals surface area contributed by atoms with Gasteiger partial charge in [0.2, 0.25) is 5.91 Å². The molecule has 5 nitrogen and oxygen atoms in total. The van der Waals surface area contributed by atoms with Gasteiger partial charge in [-0.05, 0) is 18.8 Å². The molecule has 5 heteroatoms. The molecule has 1 aliphatic heterocycles. The summed E-state index contributed by atoms with van der Waals surface area (Å²) in [7, 11) is 0. The molecule has 1 saturated heterocycles. The van der Waals surface area contributed by atoms with Crippen LogP contribution in [0.2, 0.25) is 0 Å². The Hall–Kier alpha value is -1.26. The van der Waals surface area contributed by atoms with Gasteiger partial charge in [-0.25, -0.2) is 4.79 Å². The Bertz CT molecular complexity index is 300. The van der Waals surface area contributed by atoms with Crippen LogP contribution in [0.4, 0.5) is 4.79 Å². The summed E-state index contributed by atoms with van der Waals surface area (Å²) < 4.78 is 4.93. The van der Waals surface area contributed by atoms with Gasteiger partial charge in [0, 0.05) is 12.6 Å². The molecule has 90 valence electrons. The van der Waals surface area contributed by atoms with Gasteiger partial charge in [0.25, 0.3) is 0 Å². The van der Waals surface area contributed by atoms with Crippen molar-refractivity contribution in [3.8, 4) is 0 Å². The number of nitrogens with zero attached hydrogens (tertiary/aromatic N) is 1. The first kappa shape index (κ1) is 11.2. The summed E-state index contributed by atoms with van der Waals surface area (Å²) in [6.07, 6.45) is 1.74. The van der Waals surface area contributed by atoms with E-state index >= 15 is 0 Å². The van der Waals surface area contributed by atoms with Crippen LogP contribution in [0.15, 0.2) is 0 Å². The number of amides is 2. The minimum Gasteiger partial charge on any atom is -0.447 e. The highest BCUT2D eigenvalue weighted by molar-refractivity contribution is 5.88. The third-order valence-corrected chi connectivity index (χ3v) is 2.76. The van der Waals surface area contributed by atoms with E-state index in [-0.39, 0.29) is 18.6 Å². The van der Waals surface area contributed by atoms with E-state index in [2.05, 4.69) is 5.32 Å². The fraction of sp³-hybridized carbons (Fsp3) is 0.818. The van der Waals surface area contributed by atoms with Crippen molar-refractivity contribution in [2.45, 2.75) is 38.8 Å². The molecular weight excluding hydrogens is 208 g/mol. The lowest BCUT2D eigenvalue weighted by atomic mass is 10.2. The second-order valence-corrected chi connectivity index (χ2v) is 4.92. The van der Waals surface area contributed by atoms with Gasteiger partial charge >= 0.3 is 6.09 Å². The van der Waals surface area contributed by atoms with Crippen LogP contribution in [0.3, 0.4) is 0 Å². The van der Waals surface area contributed by atoms with E-state index < -0.39 is 6.04 Å². The largest absolute Gasteiger partial charge is 0.447 e. The molecule has 0 radical (unpaired) electrons. The number of ether oxygens (including phenoxy) is 1. The number of carbonyl (C=O) groups is 2. The molecule has 2 aliphatic rings. The highest BCUT2D eigenvalue weighted by Gasteiger charge is 2.39. The van der Waals surface area contributed by atoms with Crippen molar-refractivity contribution >= 4 is 12.0 Å². The van der Waals surface area contributed by atoms with Crippen LogP contribution in [0.1, 0.15) is 26.7 Å². The number of cyclic esters (lactones) is 1. The molecule has 2 rings (SSSR count). The first-order valence-corrected chi connectivity index (χ1v) is 5.81. The summed E-state index contributed by atoms with van der Waals surface area (Å²) in [5.41, 5.74) is 0. The Balaban J connectivity index is 1.95. The number of nitrogens with one attached hydrogen (secondary N) is 1. The quantitative estimate of drug-likeness (QED) is 0.769. The molecule has 1 N–H and O–H groups in total. The molecule has 0 unspecified atom stereocenters. The van der Waals surface area contributed by atoms with E-state index in [0.717, 1.165) is 12.8 Å². The summed E-state index contributed by atoms with van der Waals surface area (Å²) in [6, 6.07) is -0.111. The molecule has 2 amide bonds. The fourth-order valence-electron chi connectivity index (χ4n) is 1.79. The lowest BCUT2D eigenvalue weighted by Crippen LogP contribution is -2.47. The normalized spacial score (nSPS) is 24.8. The Morgan fingerprint density at radius 1 is 1.56 bits per heavy atom. The maximum Gasteiger partial charge on any atom is 0.410 e. The second kappa shape index (κ2) is 4.31. The third-order valence-electron chi connectivity index (χ3n) is 2.76. The van der Waals surface area contributed by atoms with Crippen molar-refractivity contribution in [1.29, 1.82) is 0 Å². The van der Waals surface area contributed by atoms with Gasteiger partial charge in [0.05, 0.1) is 0 Å². The molecule has 1 atom stereocenters. The maximum atomic E-state index is 11.8. The van der Waals surface area contributed by atoms with Crippen molar-refractivity contribution in [1.82, 2.24) is 10.2 Å². The maximum absolute atomic E-state index is 11.8. The third kappa shape index (κ3) is 2.46. The van der Waals surface area contributed by atoms with Gasteiger partial charge in [-0.2, -0.15) is 0 Å². The van der Waals surface area contributed by atoms with Crippen LogP contribution in [-0.4, -0.2) is 42.1 Å². The van der Waals surface area contributed by atoms with Gasteiger partial charge in [0.15, 0.2) is 0 Å². The van der Waals surface area contributed by atoms with Gasteiger partial charge in [-0.15, -0.1) is 0 Å². The predicted octanol–water partition coefficient (Wildman–Crippen LogP) is 0.742. The number of rotatable bonds is 4. The molecule has 1 heterocycles. The van der Waals surface area contributed by atoms with Gasteiger partial charge in [0.1, 0.15) is 12.6 Å². The molecular formula is C11H18N2O3. The molecule has 16 heavy (non-hydrogen) atoms. The first-order valence-electron chi connectivity index (χ1n) is 5.81. The Morgan fingerprint density at radius 3 is 2.81 bits per heavy atom. The van der Waals surface area contributed by atoms with Crippen LogP contribution in [0, 0.1) is 5.92 Å². The van der Waals surface area contributed by atoms with Gasteiger partial charge in [-0.3, -0.25) is 9.69 Å². The number of carbonyl (C=O) groups excluding carboxylic acids is 2. The average Bonchev–Trinajstić information content (AvgIpc) is 2.93. The monoisotopic (exact) mass is 226 g/mol. The molecule has 0 aromatic heterocycles. The zero-order valence-corrected chi connectivity index (χ0v) is 9.73. The molecule has 2 fully saturated rings. The molecule has 1 aliphatic carbocycles. The summed E-state index contributed by atoms with van der Waals surface area (Å²) in [5.74, 6) is 0.260. The van der Waals surface area contributed by atoms with Crippen LogP contribution < -0.4 is 5.32 Å². The zero-order valence-electron chi connectivity index (χ0n) is 9.73. The molecule has 0 bridgehead atoms. The van der Waals surface area contributed by atoms with Crippen LogP contribution in [0.5, 0.6) is 0 Å². The average molecular weight is 226 g/mol. The van der Waals surface area contributed by atoms with E-state index in [0.29, 0.717) is 18.5 Å². The van der Waals surface area contributed by atoms with Gasteiger partial charge < -0.3 is 10.1 Å². The smallest absolute Gasteiger partial charge is 0.410 e. The minimum absolute atomic E-state index is 0.0750. The van der Waals surface area contributed by atoms with Crippen LogP contribution in [0.25, 0.3) is 0 Å². The Kier molecular flexibility index (Phi) is 3.03. The topological polar surface area (TPSA) is 58.6 Å². The summed E-state index contributed by atoms with van der Waals surface area (Å²) in [4.78, 5) is 24.8. The summed E-state index contributed by atoms with van der Waals surface area (Å²) in [6.45, 7) is 4.79. The van der Waals surface area contributed by atoms with Crippen molar-refractivity contribution in [3.05, 3.63) is 0 Å². The second-order valence-electron chi connectivity index (χ2n) is 4.92. The van der Waals surface area contributed by atoms with Crippen LogP contribution >= 0.6 is 0 Å². The Labute approximate surface area is 95.1 Å².